The van der Waals surface area contributed by atoms with E-state index < -0.39 is 41.6 Å². The lowest BCUT2D eigenvalue weighted by atomic mass is 9.86. The van der Waals surface area contributed by atoms with Crippen LogP contribution >= 0.6 is 0 Å². The second-order valence-electron chi connectivity index (χ2n) is 11.1. The third kappa shape index (κ3) is 6.69. The number of carboxylic acids is 1. The predicted molar refractivity (Wildman–Crippen MR) is 152 cm³/mol. The molecule has 3 aromatic carbocycles. The summed E-state index contributed by atoms with van der Waals surface area (Å²) in [6, 6.07) is 23.1. The first-order valence-corrected chi connectivity index (χ1v) is 13.4. The number of carbonyl (C=O) groups excluding carboxylic acids is 2. The van der Waals surface area contributed by atoms with Crippen molar-refractivity contribution in [3.05, 3.63) is 95.6 Å². The first-order valence-electron chi connectivity index (χ1n) is 13.4. The molecule has 3 unspecified atom stereocenters. The molecule has 0 saturated heterocycles. The average molecular weight is 545 g/mol. The van der Waals surface area contributed by atoms with Crippen molar-refractivity contribution in [3.8, 4) is 11.1 Å². The molecule has 0 bridgehead atoms. The van der Waals surface area contributed by atoms with E-state index in [4.69, 9.17) is 9.47 Å². The average Bonchev–Trinajstić information content (AvgIpc) is 3.25. The van der Waals surface area contributed by atoms with Gasteiger partial charge in [-0.25, -0.2) is 9.59 Å². The summed E-state index contributed by atoms with van der Waals surface area (Å²) >= 11 is 0. The van der Waals surface area contributed by atoms with Gasteiger partial charge in [0.05, 0.1) is 12.7 Å². The minimum Gasteiger partial charge on any atom is -0.480 e. The number of carbonyl (C=O) groups is 3. The maximum absolute atomic E-state index is 13.4. The van der Waals surface area contributed by atoms with Crippen molar-refractivity contribution in [2.45, 2.75) is 58.4 Å². The Balaban J connectivity index is 1.48. The van der Waals surface area contributed by atoms with Gasteiger partial charge in [0, 0.05) is 5.92 Å². The maximum Gasteiger partial charge on any atom is 0.407 e. The number of fused-ring (bicyclic) bond motifs is 3. The fourth-order valence-electron chi connectivity index (χ4n) is 4.94. The topological polar surface area (TPSA) is 114 Å². The van der Waals surface area contributed by atoms with Crippen molar-refractivity contribution >= 4 is 18.0 Å². The smallest absolute Gasteiger partial charge is 0.407 e. The lowest BCUT2D eigenvalue weighted by Crippen LogP contribution is -2.58. The molecule has 40 heavy (non-hydrogen) atoms. The second kappa shape index (κ2) is 12.3. The summed E-state index contributed by atoms with van der Waals surface area (Å²) in [4.78, 5) is 38.3. The third-order valence-electron chi connectivity index (χ3n) is 7.12. The van der Waals surface area contributed by atoms with E-state index in [0.29, 0.717) is 0 Å². The van der Waals surface area contributed by atoms with Gasteiger partial charge in [-0.3, -0.25) is 4.79 Å². The minimum atomic E-state index is -1.19. The van der Waals surface area contributed by atoms with Crippen LogP contribution in [0.4, 0.5) is 4.79 Å². The lowest BCUT2D eigenvalue weighted by molar-refractivity contribution is -0.146. The Morgan fingerprint density at radius 1 is 0.850 bits per heavy atom. The fraction of sp³-hybridized carbons (Fsp3) is 0.344. The van der Waals surface area contributed by atoms with Crippen LogP contribution in [0.25, 0.3) is 11.1 Å². The van der Waals surface area contributed by atoms with Gasteiger partial charge in [-0.2, -0.15) is 0 Å². The summed E-state index contributed by atoms with van der Waals surface area (Å²) in [5, 5.41) is 14.9. The van der Waals surface area contributed by atoms with E-state index in [0.717, 1.165) is 27.8 Å². The lowest BCUT2D eigenvalue weighted by Gasteiger charge is -2.31. The number of alkyl carbamates (subject to hydrolysis) is 1. The molecule has 1 aliphatic carbocycles. The van der Waals surface area contributed by atoms with E-state index in [-0.39, 0.29) is 19.1 Å². The molecule has 4 rings (SSSR count). The van der Waals surface area contributed by atoms with Gasteiger partial charge < -0.3 is 25.2 Å². The van der Waals surface area contributed by atoms with Gasteiger partial charge in [-0.1, -0.05) is 99.6 Å². The minimum absolute atomic E-state index is 0.0766. The number of amides is 2. The van der Waals surface area contributed by atoms with E-state index in [9.17, 15) is 19.5 Å². The molecule has 2 amide bonds. The molecule has 8 nitrogen and oxygen atoms in total. The highest BCUT2D eigenvalue weighted by atomic mass is 16.5. The Morgan fingerprint density at radius 3 is 1.95 bits per heavy atom. The number of benzene rings is 3. The Hall–Kier alpha value is -4.17. The number of rotatable bonds is 10. The Kier molecular flexibility index (Phi) is 8.90. The summed E-state index contributed by atoms with van der Waals surface area (Å²) in [5.74, 6) is -1.98. The van der Waals surface area contributed by atoms with Crippen LogP contribution in [0, 0.1) is 5.41 Å². The van der Waals surface area contributed by atoms with Crippen molar-refractivity contribution < 1.29 is 29.0 Å². The molecular formula is C32H36N2O6. The molecule has 0 saturated carbocycles. The highest BCUT2D eigenvalue weighted by Gasteiger charge is 2.37. The Labute approximate surface area is 234 Å². The molecule has 0 fully saturated rings. The molecule has 3 atom stereocenters. The summed E-state index contributed by atoms with van der Waals surface area (Å²) in [6.07, 6.45) is -1.57. The summed E-state index contributed by atoms with van der Waals surface area (Å²) in [5.41, 5.74) is 4.49. The SMILES string of the molecule is CC(OCc1ccccc1)C(NC(=O)OCC1c2ccccc2-c2ccccc21)C(=O)NC(C(=O)O)C(C)(C)C. The number of carboxylic acid groups (broad SMARTS) is 1. The zero-order valence-electron chi connectivity index (χ0n) is 23.2. The van der Waals surface area contributed by atoms with E-state index in [1.54, 1.807) is 27.7 Å². The predicted octanol–water partition coefficient (Wildman–Crippen LogP) is 5.11. The first-order chi connectivity index (χ1) is 19.1. The summed E-state index contributed by atoms with van der Waals surface area (Å²) in [6.45, 7) is 7.09. The van der Waals surface area contributed by atoms with Crippen molar-refractivity contribution in [3.63, 3.8) is 0 Å². The molecule has 3 aromatic rings. The molecule has 210 valence electrons. The molecule has 3 N–H and O–H groups in total. The fourth-order valence-corrected chi connectivity index (χ4v) is 4.94. The van der Waals surface area contributed by atoms with Gasteiger partial charge in [-0.05, 0) is 40.2 Å². The highest BCUT2D eigenvalue weighted by Crippen LogP contribution is 2.44. The molecule has 0 aliphatic heterocycles. The van der Waals surface area contributed by atoms with Gasteiger partial charge in [-0.15, -0.1) is 0 Å². The quantitative estimate of drug-likeness (QED) is 0.327. The van der Waals surface area contributed by atoms with Crippen molar-refractivity contribution in [2.75, 3.05) is 6.61 Å². The zero-order valence-corrected chi connectivity index (χ0v) is 23.2. The maximum atomic E-state index is 13.4. The Morgan fingerprint density at radius 2 is 1.40 bits per heavy atom. The van der Waals surface area contributed by atoms with E-state index in [1.807, 2.05) is 66.7 Å². The number of aliphatic carboxylic acids is 1. The molecule has 0 radical (unpaired) electrons. The molecule has 0 aromatic heterocycles. The van der Waals surface area contributed by atoms with Gasteiger partial charge in [0.15, 0.2) is 0 Å². The number of hydrogen-bond donors (Lipinski definition) is 3. The molecule has 0 heterocycles. The van der Waals surface area contributed by atoms with Crippen LogP contribution in [0.2, 0.25) is 0 Å². The largest absolute Gasteiger partial charge is 0.480 e. The number of nitrogens with one attached hydrogen (secondary N) is 2. The molecule has 8 heteroatoms. The molecular weight excluding hydrogens is 508 g/mol. The van der Waals surface area contributed by atoms with Gasteiger partial charge in [0.25, 0.3) is 0 Å². The first kappa shape index (κ1) is 28.8. The van der Waals surface area contributed by atoms with E-state index >= 15 is 0 Å². The van der Waals surface area contributed by atoms with Crippen molar-refractivity contribution in [1.29, 1.82) is 0 Å². The van der Waals surface area contributed by atoms with Crippen LogP contribution in [0.5, 0.6) is 0 Å². The monoisotopic (exact) mass is 544 g/mol. The normalized spacial score (nSPS) is 14.8. The van der Waals surface area contributed by atoms with Gasteiger partial charge in [0.1, 0.15) is 18.7 Å². The van der Waals surface area contributed by atoms with Crippen LogP contribution in [-0.2, 0) is 25.7 Å². The van der Waals surface area contributed by atoms with E-state index in [1.165, 1.54) is 0 Å². The van der Waals surface area contributed by atoms with Crippen LogP contribution < -0.4 is 10.6 Å². The van der Waals surface area contributed by atoms with Crippen LogP contribution in [0.1, 0.15) is 50.3 Å². The molecule has 0 spiro atoms. The number of hydrogen-bond acceptors (Lipinski definition) is 5. The standard InChI is InChI=1S/C32H36N2O6/c1-20(39-18-21-12-6-5-7-13-21)27(29(35)34-28(30(36)37)32(2,3)4)33-31(38)40-19-26-24-16-10-8-14-22(24)23-15-9-11-17-25(23)26/h5-17,20,26-28H,18-19H2,1-4H3,(H,33,38)(H,34,35)(H,36,37). The third-order valence-corrected chi connectivity index (χ3v) is 7.12. The zero-order chi connectivity index (χ0) is 28.9. The van der Waals surface area contributed by atoms with Crippen LogP contribution in [0.15, 0.2) is 78.9 Å². The summed E-state index contributed by atoms with van der Waals surface area (Å²) in [7, 11) is 0. The van der Waals surface area contributed by atoms with Crippen LogP contribution in [0.3, 0.4) is 0 Å². The van der Waals surface area contributed by atoms with Gasteiger partial charge >= 0.3 is 12.1 Å². The number of ether oxygens (including phenoxy) is 2. The van der Waals surface area contributed by atoms with Crippen molar-refractivity contribution in [1.82, 2.24) is 10.6 Å². The molecule has 1 aliphatic rings. The highest BCUT2D eigenvalue weighted by molar-refractivity contribution is 5.90. The second-order valence-corrected chi connectivity index (χ2v) is 11.1. The van der Waals surface area contributed by atoms with Crippen LogP contribution in [-0.4, -0.2) is 47.9 Å². The Bertz CT molecular complexity index is 1310. The summed E-state index contributed by atoms with van der Waals surface area (Å²) < 4.78 is 11.6. The van der Waals surface area contributed by atoms with Crippen molar-refractivity contribution in [2.24, 2.45) is 5.41 Å². The van der Waals surface area contributed by atoms with Gasteiger partial charge in [0.2, 0.25) is 5.91 Å². The van der Waals surface area contributed by atoms with E-state index in [2.05, 4.69) is 22.8 Å².